The summed E-state index contributed by atoms with van der Waals surface area (Å²) in [5.41, 5.74) is 0. The normalized spacial score (nSPS) is 35.7. The van der Waals surface area contributed by atoms with Gasteiger partial charge >= 0.3 is 5.97 Å². The molecule has 4 nitrogen and oxygen atoms in total. The molecule has 1 unspecified atom stereocenters. The highest BCUT2D eigenvalue weighted by molar-refractivity contribution is 5.73. The Hall–Kier alpha value is -0.610. The summed E-state index contributed by atoms with van der Waals surface area (Å²) < 4.78 is 0. The van der Waals surface area contributed by atoms with Gasteiger partial charge in [0.2, 0.25) is 0 Å². The van der Waals surface area contributed by atoms with Gasteiger partial charge in [-0.15, -0.1) is 0 Å². The lowest BCUT2D eigenvalue weighted by Gasteiger charge is -2.37. The van der Waals surface area contributed by atoms with E-state index in [2.05, 4.69) is 17.1 Å². The highest BCUT2D eigenvalue weighted by atomic mass is 16.4. The quantitative estimate of drug-likeness (QED) is 0.777. The lowest BCUT2D eigenvalue weighted by atomic mass is 9.82. The van der Waals surface area contributed by atoms with Gasteiger partial charge in [0.1, 0.15) is 6.04 Å². The van der Waals surface area contributed by atoms with Gasteiger partial charge in [-0.3, -0.25) is 9.69 Å². The predicted octanol–water partition coefficient (Wildman–Crippen LogP) is 1.17. The molecule has 98 valence electrons. The van der Waals surface area contributed by atoms with E-state index in [1.54, 1.807) is 0 Å². The highest BCUT2D eigenvalue weighted by Crippen LogP contribution is 2.29. The topological polar surface area (TPSA) is 52.6 Å². The van der Waals surface area contributed by atoms with Crippen LogP contribution in [0.1, 0.15) is 32.6 Å². The molecule has 2 N–H and O–H groups in total. The smallest absolute Gasteiger partial charge is 0.322 e. The number of nitrogens with one attached hydrogen (secondary N) is 1. The number of nitrogens with zero attached hydrogens (tertiary/aromatic N) is 1. The van der Waals surface area contributed by atoms with E-state index in [0.29, 0.717) is 12.5 Å². The van der Waals surface area contributed by atoms with E-state index < -0.39 is 5.97 Å². The maximum Gasteiger partial charge on any atom is 0.322 e. The Kier molecular flexibility index (Phi) is 4.40. The van der Waals surface area contributed by atoms with E-state index in [1.807, 2.05) is 0 Å². The summed E-state index contributed by atoms with van der Waals surface area (Å²) in [5, 5.41) is 12.4. The molecule has 4 heteroatoms. The molecule has 1 saturated heterocycles. The fourth-order valence-corrected chi connectivity index (χ4v) is 3.05. The van der Waals surface area contributed by atoms with Crippen LogP contribution in [0.2, 0.25) is 0 Å². The largest absolute Gasteiger partial charge is 0.480 e. The minimum Gasteiger partial charge on any atom is -0.480 e. The van der Waals surface area contributed by atoms with Crippen LogP contribution in [0.25, 0.3) is 0 Å². The maximum absolute atomic E-state index is 11.2. The second kappa shape index (κ2) is 5.83. The Morgan fingerprint density at radius 3 is 2.71 bits per heavy atom. The maximum atomic E-state index is 11.2. The number of carboxylic acid groups (broad SMARTS) is 1. The van der Waals surface area contributed by atoms with Crippen molar-refractivity contribution in [2.24, 2.45) is 11.8 Å². The molecule has 0 aromatic heterocycles. The van der Waals surface area contributed by atoms with Crippen molar-refractivity contribution in [2.75, 3.05) is 26.2 Å². The Morgan fingerprint density at radius 1 is 1.35 bits per heavy atom. The lowest BCUT2D eigenvalue weighted by Crippen LogP contribution is -2.56. The van der Waals surface area contributed by atoms with Crippen LogP contribution in [0.4, 0.5) is 0 Å². The molecule has 1 aliphatic carbocycles. The third-order valence-corrected chi connectivity index (χ3v) is 4.27. The number of hydrogen-bond donors (Lipinski definition) is 2. The molecule has 2 rings (SSSR count). The Bertz CT molecular complexity index is 262. The van der Waals surface area contributed by atoms with Crippen LogP contribution in [0.3, 0.4) is 0 Å². The van der Waals surface area contributed by atoms with Gasteiger partial charge in [0.05, 0.1) is 0 Å². The molecule has 1 atom stereocenters. The van der Waals surface area contributed by atoms with Gasteiger partial charge in [-0.2, -0.15) is 0 Å². The first-order valence-electron chi connectivity index (χ1n) is 6.84. The minimum atomic E-state index is -0.679. The van der Waals surface area contributed by atoms with E-state index >= 15 is 0 Å². The molecular weight excluding hydrogens is 216 g/mol. The van der Waals surface area contributed by atoms with Gasteiger partial charge in [-0.05, 0) is 24.7 Å². The summed E-state index contributed by atoms with van der Waals surface area (Å²) in [5.74, 6) is 0.900. The van der Waals surface area contributed by atoms with Gasteiger partial charge in [-0.25, -0.2) is 0 Å². The van der Waals surface area contributed by atoms with Gasteiger partial charge in [0.15, 0.2) is 0 Å². The van der Waals surface area contributed by atoms with Crippen molar-refractivity contribution in [3.05, 3.63) is 0 Å². The second-order valence-electron chi connectivity index (χ2n) is 5.68. The van der Waals surface area contributed by atoms with E-state index in [1.165, 1.54) is 25.7 Å². The van der Waals surface area contributed by atoms with Crippen LogP contribution in [0.5, 0.6) is 0 Å². The summed E-state index contributed by atoms with van der Waals surface area (Å²) in [7, 11) is 0. The fourth-order valence-electron chi connectivity index (χ4n) is 3.05. The van der Waals surface area contributed by atoms with Crippen molar-refractivity contribution in [3.8, 4) is 0 Å². The lowest BCUT2D eigenvalue weighted by molar-refractivity contribution is -0.144. The zero-order valence-electron chi connectivity index (χ0n) is 10.7. The van der Waals surface area contributed by atoms with Crippen LogP contribution in [-0.2, 0) is 4.79 Å². The molecule has 0 amide bonds. The molecular formula is C13H24N2O2. The van der Waals surface area contributed by atoms with Crippen molar-refractivity contribution in [3.63, 3.8) is 0 Å². The number of rotatable bonds is 3. The average Bonchev–Trinajstić information content (AvgIpc) is 2.32. The van der Waals surface area contributed by atoms with Gasteiger partial charge in [0.25, 0.3) is 0 Å². The monoisotopic (exact) mass is 240 g/mol. The summed E-state index contributed by atoms with van der Waals surface area (Å²) in [4.78, 5) is 13.3. The van der Waals surface area contributed by atoms with Crippen molar-refractivity contribution in [1.29, 1.82) is 0 Å². The molecule has 0 bridgehead atoms. The molecule has 0 spiro atoms. The second-order valence-corrected chi connectivity index (χ2v) is 5.68. The zero-order valence-corrected chi connectivity index (χ0v) is 10.7. The van der Waals surface area contributed by atoms with E-state index in [-0.39, 0.29) is 6.04 Å². The average molecular weight is 240 g/mol. The summed E-state index contributed by atoms with van der Waals surface area (Å²) >= 11 is 0. The molecule has 0 aromatic carbocycles. The van der Waals surface area contributed by atoms with E-state index in [4.69, 9.17) is 0 Å². The summed E-state index contributed by atoms with van der Waals surface area (Å²) in [6.45, 7) is 5.70. The standard InChI is InChI=1S/C13H24N2O2/c1-10-2-4-11(5-3-10)9-15-7-6-14-8-12(15)13(16)17/h10-12,14H,2-9H2,1H3,(H,16,17). The van der Waals surface area contributed by atoms with Crippen molar-refractivity contribution in [2.45, 2.75) is 38.6 Å². The third kappa shape index (κ3) is 3.42. The molecule has 1 aliphatic heterocycles. The molecule has 1 heterocycles. The van der Waals surface area contributed by atoms with E-state index in [0.717, 1.165) is 25.6 Å². The van der Waals surface area contributed by atoms with Crippen molar-refractivity contribution in [1.82, 2.24) is 10.2 Å². The number of aliphatic carboxylic acids is 1. The Balaban J connectivity index is 1.85. The van der Waals surface area contributed by atoms with Gasteiger partial charge in [-0.1, -0.05) is 19.8 Å². The fraction of sp³-hybridized carbons (Fsp3) is 0.923. The van der Waals surface area contributed by atoms with Gasteiger partial charge < -0.3 is 10.4 Å². The van der Waals surface area contributed by atoms with Crippen molar-refractivity contribution < 1.29 is 9.90 Å². The first-order chi connectivity index (χ1) is 8.16. The number of carbonyl (C=O) groups is 1. The Morgan fingerprint density at radius 2 is 2.06 bits per heavy atom. The SMILES string of the molecule is CC1CCC(CN2CCNCC2C(=O)O)CC1. The predicted molar refractivity (Wildman–Crippen MR) is 67.0 cm³/mol. The summed E-state index contributed by atoms with van der Waals surface area (Å²) in [6, 6.07) is -0.317. The zero-order chi connectivity index (χ0) is 12.3. The molecule has 1 saturated carbocycles. The molecule has 0 radical (unpaired) electrons. The molecule has 2 aliphatic rings. The third-order valence-electron chi connectivity index (χ3n) is 4.27. The molecule has 0 aromatic rings. The molecule has 2 fully saturated rings. The first-order valence-corrected chi connectivity index (χ1v) is 6.84. The molecule has 17 heavy (non-hydrogen) atoms. The number of carboxylic acids is 1. The van der Waals surface area contributed by atoms with Crippen molar-refractivity contribution >= 4 is 5.97 Å². The first kappa shape index (κ1) is 12.8. The highest BCUT2D eigenvalue weighted by Gasteiger charge is 2.30. The van der Waals surface area contributed by atoms with Crippen LogP contribution >= 0.6 is 0 Å². The Labute approximate surface area is 103 Å². The number of hydrogen-bond acceptors (Lipinski definition) is 3. The van der Waals surface area contributed by atoms with Crippen LogP contribution in [-0.4, -0.2) is 48.2 Å². The van der Waals surface area contributed by atoms with Crippen LogP contribution in [0, 0.1) is 11.8 Å². The van der Waals surface area contributed by atoms with Crippen LogP contribution < -0.4 is 5.32 Å². The van der Waals surface area contributed by atoms with Gasteiger partial charge in [0, 0.05) is 26.2 Å². The minimum absolute atomic E-state index is 0.317. The van der Waals surface area contributed by atoms with E-state index in [9.17, 15) is 9.90 Å². The van der Waals surface area contributed by atoms with Crippen LogP contribution in [0.15, 0.2) is 0 Å². The summed E-state index contributed by atoms with van der Waals surface area (Å²) in [6.07, 6.45) is 5.18. The number of piperazine rings is 1.